The number of nitrogens with two attached hydrogens (primary N) is 1. The first-order valence-corrected chi connectivity index (χ1v) is 7.63. The molecule has 0 aliphatic carbocycles. The van der Waals surface area contributed by atoms with Crippen LogP contribution in [0.1, 0.15) is 18.2 Å². The first-order chi connectivity index (χ1) is 9.45. The van der Waals surface area contributed by atoms with Gasteiger partial charge in [-0.3, -0.25) is 4.98 Å². The highest BCUT2D eigenvalue weighted by atomic mass is 32.2. The maximum atomic E-state index is 12.2. The zero-order valence-corrected chi connectivity index (χ0v) is 12.2. The maximum Gasteiger partial charge on any atom is 0.260 e. The molecule has 2 rings (SSSR count). The van der Waals surface area contributed by atoms with Crippen LogP contribution in [-0.2, 0) is 30.0 Å². The molecule has 2 heterocycles. The Labute approximate surface area is 117 Å². The number of anilines is 1. The van der Waals surface area contributed by atoms with Gasteiger partial charge in [0, 0.05) is 13.2 Å². The number of rotatable bonds is 5. The molecule has 7 nitrogen and oxygen atoms in total. The van der Waals surface area contributed by atoms with E-state index in [-0.39, 0.29) is 17.4 Å². The number of imidazole rings is 1. The lowest BCUT2D eigenvalue weighted by Gasteiger charge is -2.09. The number of sulfonamides is 1. The number of hydrogen-bond donors (Lipinski definition) is 2. The molecular formula is C12H17N5O2S. The summed E-state index contributed by atoms with van der Waals surface area (Å²) in [6.07, 6.45) is 3.79. The van der Waals surface area contributed by atoms with Crippen LogP contribution in [0.4, 0.5) is 5.82 Å². The SMILES string of the molecule is CCc1cccnc1CNS(=O)(=O)c1c(N)ncn1C. The predicted octanol–water partition coefficient (Wildman–Crippen LogP) is 0.438. The second-order valence-corrected chi connectivity index (χ2v) is 6.02. The number of nitrogen functional groups attached to an aromatic ring is 1. The van der Waals surface area contributed by atoms with Gasteiger partial charge in [-0.2, -0.15) is 0 Å². The minimum atomic E-state index is -3.72. The Balaban J connectivity index is 2.22. The summed E-state index contributed by atoms with van der Waals surface area (Å²) in [7, 11) is -2.14. The number of pyridine rings is 1. The first-order valence-electron chi connectivity index (χ1n) is 6.15. The monoisotopic (exact) mass is 295 g/mol. The summed E-state index contributed by atoms with van der Waals surface area (Å²) in [6.45, 7) is 2.12. The molecule has 0 radical (unpaired) electrons. The Morgan fingerprint density at radius 1 is 1.40 bits per heavy atom. The fourth-order valence-corrected chi connectivity index (χ4v) is 3.17. The molecule has 0 amide bonds. The molecule has 0 aliphatic heterocycles. The van der Waals surface area contributed by atoms with E-state index in [4.69, 9.17) is 5.73 Å². The van der Waals surface area contributed by atoms with Gasteiger partial charge >= 0.3 is 0 Å². The molecular weight excluding hydrogens is 278 g/mol. The van der Waals surface area contributed by atoms with Gasteiger partial charge < -0.3 is 10.3 Å². The van der Waals surface area contributed by atoms with Crippen molar-refractivity contribution >= 4 is 15.8 Å². The van der Waals surface area contributed by atoms with Crippen molar-refractivity contribution < 1.29 is 8.42 Å². The normalized spacial score (nSPS) is 11.7. The molecule has 2 aromatic rings. The topological polar surface area (TPSA) is 103 Å². The van der Waals surface area contributed by atoms with Crippen LogP contribution in [0.3, 0.4) is 0 Å². The number of aryl methyl sites for hydroxylation is 2. The summed E-state index contributed by atoms with van der Waals surface area (Å²) in [5.74, 6) is -0.0169. The smallest absolute Gasteiger partial charge is 0.260 e. The van der Waals surface area contributed by atoms with Crippen molar-refractivity contribution in [2.24, 2.45) is 7.05 Å². The molecule has 0 bridgehead atoms. The largest absolute Gasteiger partial charge is 0.381 e. The van der Waals surface area contributed by atoms with Crippen LogP contribution >= 0.6 is 0 Å². The van der Waals surface area contributed by atoms with Crippen LogP contribution < -0.4 is 10.5 Å². The highest BCUT2D eigenvalue weighted by Crippen LogP contribution is 2.15. The fraction of sp³-hybridized carbons (Fsp3) is 0.333. The Kier molecular flexibility index (Phi) is 4.05. The zero-order valence-electron chi connectivity index (χ0n) is 11.4. The van der Waals surface area contributed by atoms with Crippen molar-refractivity contribution in [2.45, 2.75) is 24.9 Å². The third-order valence-electron chi connectivity index (χ3n) is 2.96. The Hall–Kier alpha value is -1.93. The molecule has 0 saturated carbocycles. The van der Waals surface area contributed by atoms with Crippen LogP contribution in [0.5, 0.6) is 0 Å². The number of aromatic nitrogens is 3. The van der Waals surface area contributed by atoms with E-state index in [1.165, 1.54) is 10.9 Å². The Morgan fingerprint density at radius 3 is 2.75 bits per heavy atom. The minimum absolute atomic E-state index is 0.0169. The van der Waals surface area contributed by atoms with Gasteiger partial charge in [0.25, 0.3) is 10.0 Å². The summed E-state index contributed by atoms with van der Waals surface area (Å²) in [5, 5.41) is -0.0357. The molecule has 0 atom stereocenters. The van der Waals surface area contributed by atoms with Gasteiger partial charge in [-0.1, -0.05) is 13.0 Å². The molecule has 0 fully saturated rings. The van der Waals surface area contributed by atoms with Crippen molar-refractivity contribution in [3.05, 3.63) is 35.9 Å². The molecule has 8 heteroatoms. The second-order valence-electron chi connectivity index (χ2n) is 4.33. The fourth-order valence-electron chi connectivity index (χ4n) is 1.95. The Bertz CT molecular complexity index is 689. The quantitative estimate of drug-likeness (QED) is 0.833. The lowest BCUT2D eigenvalue weighted by Crippen LogP contribution is -2.26. The minimum Gasteiger partial charge on any atom is -0.381 e. The second kappa shape index (κ2) is 5.59. The molecule has 0 aromatic carbocycles. The number of nitrogens with zero attached hydrogens (tertiary/aromatic N) is 3. The number of nitrogens with one attached hydrogen (secondary N) is 1. The van der Waals surface area contributed by atoms with E-state index in [1.807, 2.05) is 19.1 Å². The third kappa shape index (κ3) is 2.81. The molecule has 108 valence electrons. The van der Waals surface area contributed by atoms with Gasteiger partial charge in [-0.25, -0.2) is 18.1 Å². The van der Waals surface area contributed by atoms with E-state index >= 15 is 0 Å². The van der Waals surface area contributed by atoms with Gasteiger partial charge in [-0.15, -0.1) is 0 Å². The van der Waals surface area contributed by atoms with E-state index in [1.54, 1.807) is 13.2 Å². The maximum absolute atomic E-state index is 12.2. The van der Waals surface area contributed by atoms with E-state index in [0.717, 1.165) is 12.0 Å². The summed E-state index contributed by atoms with van der Waals surface area (Å²) < 4.78 is 28.3. The van der Waals surface area contributed by atoms with Gasteiger partial charge in [0.15, 0.2) is 10.8 Å². The highest BCUT2D eigenvalue weighted by Gasteiger charge is 2.22. The third-order valence-corrected chi connectivity index (χ3v) is 4.49. The first kappa shape index (κ1) is 14.5. The summed E-state index contributed by atoms with van der Waals surface area (Å²) in [4.78, 5) is 7.98. The average molecular weight is 295 g/mol. The van der Waals surface area contributed by atoms with Crippen LogP contribution in [0.2, 0.25) is 0 Å². The lowest BCUT2D eigenvalue weighted by atomic mass is 10.1. The lowest BCUT2D eigenvalue weighted by molar-refractivity contribution is 0.570. The summed E-state index contributed by atoms with van der Waals surface area (Å²) in [5.41, 5.74) is 7.30. The van der Waals surface area contributed by atoms with Crippen LogP contribution in [0.15, 0.2) is 29.7 Å². The van der Waals surface area contributed by atoms with Crippen molar-refractivity contribution in [1.82, 2.24) is 19.3 Å². The number of hydrogen-bond acceptors (Lipinski definition) is 5. The van der Waals surface area contributed by atoms with Gasteiger partial charge in [0.2, 0.25) is 0 Å². The molecule has 20 heavy (non-hydrogen) atoms. The molecule has 3 N–H and O–H groups in total. The van der Waals surface area contributed by atoms with Crippen LogP contribution in [0.25, 0.3) is 0 Å². The molecule has 0 aliphatic rings. The molecule has 0 unspecified atom stereocenters. The van der Waals surface area contributed by atoms with E-state index in [0.29, 0.717) is 5.69 Å². The van der Waals surface area contributed by atoms with Gasteiger partial charge in [-0.05, 0) is 18.1 Å². The average Bonchev–Trinajstić information content (AvgIpc) is 2.77. The van der Waals surface area contributed by atoms with Crippen molar-refractivity contribution in [1.29, 1.82) is 0 Å². The summed E-state index contributed by atoms with van der Waals surface area (Å²) in [6, 6.07) is 3.75. The van der Waals surface area contributed by atoms with Crippen molar-refractivity contribution in [2.75, 3.05) is 5.73 Å². The standard InChI is InChI=1S/C12H17N5O2S/c1-3-9-5-4-6-14-10(9)7-16-20(18,19)12-11(13)15-8-17(12)2/h4-6,8,16H,3,7,13H2,1-2H3. The van der Waals surface area contributed by atoms with Gasteiger partial charge in [0.05, 0.1) is 18.6 Å². The Morgan fingerprint density at radius 2 is 2.15 bits per heavy atom. The van der Waals surface area contributed by atoms with E-state index in [2.05, 4.69) is 14.7 Å². The van der Waals surface area contributed by atoms with Crippen molar-refractivity contribution in [3.8, 4) is 0 Å². The van der Waals surface area contributed by atoms with E-state index < -0.39 is 10.0 Å². The zero-order chi connectivity index (χ0) is 14.8. The highest BCUT2D eigenvalue weighted by molar-refractivity contribution is 7.89. The van der Waals surface area contributed by atoms with E-state index in [9.17, 15) is 8.42 Å². The molecule has 0 saturated heterocycles. The molecule has 0 spiro atoms. The van der Waals surface area contributed by atoms with Crippen LogP contribution in [-0.4, -0.2) is 23.0 Å². The van der Waals surface area contributed by atoms with Gasteiger partial charge in [0.1, 0.15) is 0 Å². The predicted molar refractivity (Wildman–Crippen MR) is 75.3 cm³/mol. The van der Waals surface area contributed by atoms with Crippen molar-refractivity contribution in [3.63, 3.8) is 0 Å². The molecule has 2 aromatic heterocycles. The van der Waals surface area contributed by atoms with Crippen LogP contribution in [0, 0.1) is 0 Å². The summed E-state index contributed by atoms with van der Waals surface area (Å²) >= 11 is 0.